The van der Waals surface area contributed by atoms with Gasteiger partial charge in [-0.1, -0.05) is 23.7 Å². The number of carboxylic acids is 1. The highest BCUT2D eigenvalue weighted by molar-refractivity contribution is 6.30. The Morgan fingerprint density at radius 1 is 1.15 bits per heavy atom. The molecule has 0 aliphatic heterocycles. The molecule has 9 heteroatoms. The minimum atomic E-state index is -0.974. The van der Waals surface area contributed by atoms with Gasteiger partial charge in [-0.05, 0) is 23.8 Å². The van der Waals surface area contributed by atoms with Gasteiger partial charge in [0.25, 0.3) is 5.56 Å². The van der Waals surface area contributed by atoms with Crippen molar-refractivity contribution in [3.63, 3.8) is 0 Å². The minimum absolute atomic E-state index is 0.0684. The predicted molar refractivity (Wildman–Crippen MR) is 95.2 cm³/mol. The molecule has 4 rings (SSSR count). The van der Waals surface area contributed by atoms with Gasteiger partial charge in [0, 0.05) is 23.3 Å². The van der Waals surface area contributed by atoms with Crippen molar-refractivity contribution in [3.05, 3.63) is 58.1 Å². The lowest BCUT2D eigenvalue weighted by Gasteiger charge is -2.06. The second-order valence-corrected chi connectivity index (χ2v) is 6.13. The Morgan fingerprint density at radius 3 is 2.65 bits per heavy atom. The molecule has 0 aliphatic carbocycles. The zero-order chi connectivity index (χ0) is 18.3. The van der Waals surface area contributed by atoms with Gasteiger partial charge >= 0.3 is 5.97 Å². The topological polar surface area (TPSA) is 102 Å². The molecule has 0 saturated heterocycles. The maximum absolute atomic E-state index is 12.5. The van der Waals surface area contributed by atoms with Crippen LogP contribution in [-0.4, -0.2) is 35.5 Å². The fourth-order valence-electron chi connectivity index (χ4n) is 2.75. The first-order chi connectivity index (χ1) is 12.5. The van der Waals surface area contributed by atoms with Crippen LogP contribution in [0.5, 0.6) is 0 Å². The summed E-state index contributed by atoms with van der Waals surface area (Å²) in [4.78, 5) is 23.2. The van der Waals surface area contributed by atoms with Crippen molar-refractivity contribution in [2.75, 3.05) is 0 Å². The summed E-state index contributed by atoms with van der Waals surface area (Å²) in [5, 5.41) is 21.9. The van der Waals surface area contributed by atoms with Crippen molar-refractivity contribution >= 4 is 34.3 Å². The molecule has 0 amide bonds. The van der Waals surface area contributed by atoms with Crippen LogP contribution in [0.1, 0.15) is 6.42 Å². The van der Waals surface area contributed by atoms with Crippen LogP contribution in [0.3, 0.4) is 0 Å². The van der Waals surface area contributed by atoms with Crippen LogP contribution < -0.4 is 5.56 Å². The van der Waals surface area contributed by atoms with E-state index in [-0.39, 0.29) is 18.5 Å². The van der Waals surface area contributed by atoms with Crippen LogP contribution in [0.15, 0.2) is 47.5 Å². The molecule has 0 unspecified atom stereocenters. The number of halogens is 1. The SMILES string of the molecule is O=C(O)CCn1ccc2c(nnc3c(-c4ccc(Cl)cc4)cnn32)c1=O. The quantitative estimate of drug-likeness (QED) is 0.591. The Kier molecular flexibility index (Phi) is 3.89. The summed E-state index contributed by atoms with van der Waals surface area (Å²) in [6, 6.07) is 8.94. The Balaban J connectivity index is 1.86. The first-order valence-corrected chi connectivity index (χ1v) is 8.14. The smallest absolute Gasteiger partial charge is 0.305 e. The number of hydrogen-bond donors (Lipinski definition) is 1. The van der Waals surface area contributed by atoms with E-state index >= 15 is 0 Å². The summed E-state index contributed by atoms with van der Waals surface area (Å²) in [5.41, 5.74) is 2.41. The molecule has 0 spiro atoms. The molecule has 3 aromatic heterocycles. The fraction of sp³-hybridized carbons (Fsp3) is 0.118. The number of nitrogens with zero attached hydrogens (tertiary/aromatic N) is 5. The zero-order valence-corrected chi connectivity index (χ0v) is 14.1. The van der Waals surface area contributed by atoms with E-state index in [2.05, 4.69) is 15.3 Å². The highest BCUT2D eigenvalue weighted by Gasteiger charge is 2.14. The third kappa shape index (κ3) is 2.70. The van der Waals surface area contributed by atoms with E-state index in [1.807, 2.05) is 12.1 Å². The summed E-state index contributed by atoms with van der Waals surface area (Å²) >= 11 is 5.92. The predicted octanol–water partition coefficient (Wildman–Crippen LogP) is 2.23. The highest BCUT2D eigenvalue weighted by atomic mass is 35.5. The third-order valence-corrected chi connectivity index (χ3v) is 4.31. The first-order valence-electron chi connectivity index (χ1n) is 7.76. The average molecular weight is 370 g/mol. The van der Waals surface area contributed by atoms with Crippen LogP contribution >= 0.6 is 11.6 Å². The molecule has 4 aromatic rings. The number of hydrogen-bond acceptors (Lipinski definition) is 5. The molecule has 1 N–H and O–H groups in total. The van der Waals surface area contributed by atoms with Crippen LogP contribution in [0, 0.1) is 0 Å². The highest BCUT2D eigenvalue weighted by Crippen LogP contribution is 2.25. The summed E-state index contributed by atoms with van der Waals surface area (Å²) in [6.45, 7) is 0.0684. The Bertz CT molecular complexity index is 1200. The van der Waals surface area contributed by atoms with Gasteiger partial charge in [-0.15, -0.1) is 10.2 Å². The van der Waals surface area contributed by atoms with Gasteiger partial charge in [0.15, 0.2) is 11.2 Å². The standard InChI is InChI=1S/C17H12ClN5O3/c18-11-3-1-10(2-4-11)12-9-19-23-13-5-7-22(8-6-14(24)25)17(26)15(13)20-21-16(12)23/h1-5,7,9H,6,8H2,(H,24,25). The lowest BCUT2D eigenvalue weighted by atomic mass is 10.1. The second-order valence-electron chi connectivity index (χ2n) is 5.69. The zero-order valence-electron chi connectivity index (χ0n) is 13.3. The van der Waals surface area contributed by atoms with Crippen LogP contribution in [-0.2, 0) is 11.3 Å². The van der Waals surface area contributed by atoms with Crippen LogP contribution in [0.2, 0.25) is 5.02 Å². The molecule has 130 valence electrons. The normalized spacial score (nSPS) is 11.3. The molecule has 3 heterocycles. The molecular formula is C17H12ClN5O3. The van der Waals surface area contributed by atoms with Crippen LogP contribution in [0.4, 0.5) is 0 Å². The molecule has 0 atom stereocenters. The van der Waals surface area contributed by atoms with Crippen LogP contribution in [0.25, 0.3) is 27.8 Å². The number of aromatic nitrogens is 5. The van der Waals surface area contributed by atoms with Gasteiger partial charge in [0.05, 0.1) is 12.6 Å². The molecule has 1 aromatic carbocycles. The van der Waals surface area contributed by atoms with E-state index in [9.17, 15) is 9.59 Å². The second kappa shape index (κ2) is 6.23. The number of carbonyl (C=O) groups is 1. The van der Waals surface area contributed by atoms with Crippen molar-refractivity contribution in [1.82, 2.24) is 24.4 Å². The third-order valence-electron chi connectivity index (χ3n) is 4.06. The maximum atomic E-state index is 12.5. The number of benzene rings is 1. The van der Waals surface area contributed by atoms with E-state index < -0.39 is 11.5 Å². The minimum Gasteiger partial charge on any atom is -0.481 e. The Morgan fingerprint density at radius 2 is 1.92 bits per heavy atom. The monoisotopic (exact) mass is 369 g/mol. The van der Waals surface area contributed by atoms with Gasteiger partial charge in [0.2, 0.25) is 0 Å². The number of aryl methyl sites for hydroxylation is 1. The average Bonchev–Trinajstić information content (AvgIpc) is 3.06. The lowest BCUT2D eigenvalue weighted by Crippen LogP contribution is -2.22. The van der Waals surface area contributed by atoms with Gasteiger partial charge < -0.3 is 9.67 Å². The molecule has 0 radical (unpaired) electrons. The van der Waals surface area contributed by atoms with Gasteiger partial charge in [-0.25, -0.2) is 4.52 Å². The van der Waals surface area contributed by atoms with E-state index in [1.54, 1.807) is 35.1 Å². The molecule has 0 saturated carbocycles. The number of rotatable bonds is 4. The Hall–Kier alpha value is -3.26. The van der Waals surface area contributed by atoms with Crippen molar-refractivity contribution in [2.24, 2.45) is 0 Å². The molecule has 26 heavy (non-hydrogen) atoms. The van der Waals surface area contributed by atoms with Gasteiger partial charge in [0.1, 0.15) is 5.52 Å². The maximum Gasteiger partial charge on any atom is 0.305 e. The summed E-state index contributed by atoms with van der Waals surface area (Å²) in [7, 11) is 0. The van der Waals surface area contributed by atoms with Gasteiger partial charge in [-0.2, -0.15) is 5.10 Å². The van der Waals surface area contributed by atoms with E-state index in [1.165, 1.54) is 4.57 Å². The Labute approximate surface area is 151 Å². The molecule has 0 aliphatic rings. The number of fused-ring (bicyclic) bond motifs is 3. The van der Waals surface area contributed by atoms with Crippen molar-refractivity contribution in [3.8, 4) is 11.1 Å². The number of aliphatic carboxylic acids is 1. The molecular weight excluding hydrogens is 358 g/mol. The van der Waals surface area contributed by atoms with E-state index in [0.29, 0.717) is 16.2 Å². The number of carboxylic acid groups (broad SMARTS) is 1. The largest absolute Gasteiger partial charge is 0.481 e. The van der Waals surface area contributed by atoms with E-state index in [4.69, 9.17) is 16.7 Å². The lowest BCUT2D eigenvalue weighted by molar-refractivity contribution is -0.137. The fourth-order valence-corrected chi connectivity index (χ4v) is 2.88. The van der Waals surface area contributed by atoms with Crippen molar-refractivity contribution in [2.45, 2.75) is 13.0 Å². The molecule has 0 bridgehead atoms. The summed E-state index contributed by atoms with van der Waals surface area (Å²) < 4.78 is 2.86. The first kappa shape index (κ1) is 16.2. The summed E-state index contributed by atoms with van der Waals surface area (Å²) in [5.74, 6) is -0.974. The van der Waals surface area contributed by atoms with Crippen molar-refractivity contribution < 1.29 is 9.90 Å². The van der Waals surface area contributed by atoms with Crippen molar-refractivity contribution in [1.29, 1.82) is 0 Å². The molecule has 0 fully saturated rings. The number of pyridine rings is 1. The molecule has 8 nitrogen and oxygen atoms in total. The summed E-state index contributed by atoms with van der Waals surface area (Å²) in [6.07, 6.45) is 3.05. The van der Waals surface area contributed by atoms with E-state index in [0.717, 1.165) is 11.1 Å². The van der Waals surface area contributed by atoms with Gasteiger partial charge in [-0.3, -0.25) is 9.59 Å².